The van der Waals surface area contributed by atoms with Gasteiger partial charge in [-0.25, -0.2) is 15.0 Å². The standard InChI is InChI=1S/C22H26N8O/c1-15-6-8-26-19(10-15)28-20-11-18(27-22(29-20)17(12-24)13-25-2)16-4-3-9-30(14-16)21(31)5-7-23/h6,8,10-13,16H,3-5,9,14,24H2,1-2H3,(H,26,27,28,29). The molecular formula is C22H26N8O. The van der Waals surface area contributed by atoms with Crippen LogP contribution < -0.4 is 11.1 Å². The number of carbonyl (C=O) groups excluding carboxylic acids is 1. The molecule has 3 rings (SSSR count). The number of hydrogen-bond donors (Lipinski definition) is 2. The summed E-state index contributed by atoms with van der Waals surface area (Å²) in [6, 6.07) is 7.67. The number of pyridine rings is 1. The SMILES string of the molecule is CN=CC(=CN)c1nc(Nc2cc(C)ccn2)cc(C2CCCN(C(=O)CC#N)C2)n1. The lowest BCUT2D eigenvalue weighted by Gasteiger charge is -2.32. The molecule has 1 unspecified atom stereocenters. The third-order valence-electron chi connectivity index (χ3n) is 5.05. The van der Waals surface area contributed by atoms with Gasteiger partial charge >= 0.3 is 0 Å². The Hall–Kier alpha value is -3.80. The molecule has 2 aromatic heterocycles. The molecule has 0 aromatic carbocycles. The van der Waals surface area contributed by atoms with E-state index in [2.05, 4.69) is 20.3 Å². The van der Waals surface area contributed by atoms with Crippen LogP contribution in [0.4, 0.5) is 11.6 Å². The van der Waals surface area contributed by atoms with E-state index in [-0.39, 0.29) is 18.2 Å². The highest BCUT2D eigenvalue weighted by Gasteiger charge is 2.26. The van der Waals surface area contributed by atoms with Gasteiger partial charge in [0.15, 0.2) is 5.82 Å². The van der Waals surface area contributed by atoms with Gasteiger partial charge in [-0.15, -0.1) is 0 Å². The summed E-state index contributed by atoms with van der Waals surface area (Å²) < 4.78 is 0. The van der Waals surface area contributed by atoms with Gasteiger partial charge in [-0.3, -0.25) is 9.79 Å². The normalized spacial score (nSPS) is 16.9. The Balaban J connectivity index is 1.96. The monoisotopic (exact) mass is 418 g/mol. The second kappa shape index (κ2) is 10.3. The first-order valence-corrected chi connectivity index (χ1v) is 10.1. The molecule has 160 valence electrons. The molecule has 9 heteroatoms. The van der Waals surface area contributed by atoms with Crippen LogP contribution in [0.3, 0.4) is 0 Å². The van der Waals surface area contributed by atoms with Crippen LogP contribution in [-0.2, 0) is 4.79 Å². The Morgan fingerprint density at radius 3 is 2.97 bits per heavy atom. The molecule has 0 radical (unpaired) electrons. The van der Waals surface area contributed by atoms with E-state index in [1.807, 2.05) is 31.2 Å². The molecule has 1 aliphatic rings. The second-order valence-corrected chi connectivity index (χ2v) is 7.37. The Kier molecular flexibility index (Phi) is 7.27. The average molecular weight is 419 g/mol. The predicted molar refractivity (Wildman–Crippen MR) is 120 cm³/mol. The van der Waals surface area contributed by atoms with Crippen molar-refractivity contribution in [1.29, 1.82) is 5.26 Å². The van der Waals surface area contributed by atoms with Crippen LogP contribution in [0.25, 0.3) is 5.57 Å². The Morgan fingerprint density at radius 2 is 2.26 bits per heavy atom. The first-order chi connectivity index (χ1) is 15.0. The number of carbonyl (C=O) groups is 1. The smallest absolute Gasteiger partial charge is 0.236 e. The number of aryl methyl sites for hydroxylation is 1. The van der Waals surface area contributed by atoms with Gasteiger partial charge in [-0.1, -0.05) is 0 Å². The van der Waals surface area contributed by atoms with Crippen LogP contribution in [0, 0.1) is 18.3 Å². The Labute approximate surface area is 181 Å². The lowest BCUT2D eigenvalue weighted by Crippen LogP contribution is -2.39. The third kappa shape index (κ3) is 5.63. The van der Waals surface area contributed by atoms with Gasteiger partial charge in [0.2, 0.25) is 5.91 Å². The van der Waals surface area contributed by atoms with E-state index in [1.165, 1.54) is 6.20 Å². The van der Waals surface area contributed by atoms with E-state index in [9.17, 15) is 4.79 Å². The van der Waals surface area contributed by atoms with Crippen LogP contribution in [0.15, 0.2) is 35.6 Å². The minimum absolute atomic E-state index is 0.0294. The molecule has 1 fully saturated rings. The number of likely N-dealkylation sites (tertiary alicyclic amines) is 1. The van der Waals surface area contributed by atoms with Crippen molar-refractivity contribution in [2.45, 2.75) is 32.1 Å². The van der Waals surface area contributed by atoms with Crippen molar-refractivity contribution in [3.8, 4) is 6.07 Å². The maximum atomic E-state index is 12.2. The number of rotatable bonds is 6. The largest absolute Gasteiger partial charge is 0.404 e. The number of piperidine rings is 1. The van der Waals surface area contributed by atoms with Crippen molar-refractivity contribution in [1.82, 2.24) is 19.9 Å². The fourth-order valence-electron chi connectivity index (χ4n) is 3.54. The highest BCUT2D eigenvalue weighted by atomic mass is 16.2. The molecule has 9 nitrogen and oxygen atoms in total. The lowest BCUT2D eigenvalue weighted by molar-refractivity contribution is -0.131. The summed E-state index contributed by atoms with van der Waals surface area (Å²) in [4.78, 5) is 31.7. The van der Waals surface area contributed by atoms with E-state index in [0.717, 1.165) is 24.1 Å². The fraction of sp³-hybridized carbons (Fsp3) is 0.364. The zero-order valence-corrected chi connectivity index (χ0v) is 17.7. The first kappa shape index (κ1) is 21.9. The minimum Gasteiger partial charge on any atom is -0.404 e. The molecule has 1 aliphatic heterocycles. The number of amides is 1. The number of anilines is 2. The molecule has 0 bridgehead atoms. The molecule has 1 saturated heterocycles. The van der Waals surface area contributed by atoms with Crippen LogP contribution in [0.5, 0.6) is 0 Å². The summed E-state index contributed by atoms with van der Waals surface area (Å²) in [7, 11) is 1.66. The number of aliphatic imine (C=N–C) groups is 1. The van der Waals surface area contributed by atoms with Crippen molar-refractivity contribution in [3.05, 3.63) is 47.7 Å². The Morgan fingerprint density at radius 1 is 1.42 bits per heavy atom. The number of hydrogen-bond acceptors (Lipinski definition) is 8. The fourth-order valence-corrected chi connectivity index (χ4v) is 3.54. The Bertz CT molecular complexity index is 1040. The van der Waals surface area contributed by atoms with E-state index in [0.29, 0.717) is 36.1 Å². The van der Waals surface area contributed by atoms with Gasteiger partial charge < -0.3 is 16.0 Å². The molecule has 2 aromatic rings. The van der Waals surface area contributed by atoms with Gasteiger partial charge in [0.1, 0.15) is 18.1 Å². The van der Waals surface area contributed by atoms with E-state index in [1.54, 1.807) is 24.4 Å². The molecule has 0 spiro atoms. The van der Waals surface area contributed by atoms with E-state index < -0.39 is 0 Å². The number of nitrogens with zero attached hydrogens (tertiary/aromatic N) is 6. The molecule has 31 heavy (non-hydrogen) atoms. The summed E-state index contributed by atoms with van der Waals surface area (Å²) in [5, 5.41) is 12.1. The van der Waals surface area contributed by atoms with Crippen molar-refractivity contribution in [3.63, 3.8) is 0 Å². The summed E-state index contributed by atoms with van der Waals surface area (Å²) in [6.07, 6.45) is 6.38. The summed E-state index contributed by atoms with van der Waals surface area (Å²) in [5.74, 6) is 1.59. The van der Waals surface area contributed by atoms with Crippen LogP contribution in [0.1, 0.15) is 42.3 Å². The van der Waals surface area contributed by atoms with Crippen molar-refractivity contribution in [2.24, 2.45) is 10.7 Å². The van der Waals surface area contributed by atoms with Gasteiger partial charge in [0, 0.05) is 50.7 Å². The van der Waals surface area contributed by atoms with Gasteiger partial charge in [0.25, 0.3) is 0 Å². The van der Waals surface area contributed by atoms with Gasteiger partial charge in [-0.2, -0.15) is 5.26 Å². The van der Waals surface area contributed by atoms with Crippen LogP contribution in [0.2, 0.25) is 0 Å². The van der Waals surface area contributed by atoms with Gasteiger partial charge in [-0.05, 0) is 37.5 Å². The first-order valence-electron chi connectivity index (χ1n) is 10.1. The topological polar surface area (TPSA) is 133 Å². The van der Waals surface area contributed by atoms with Gasteiger partial charge in [0.05, 0.1) is 17.3 Å². The molecule has 3 heterocycles. The number of allylic oxidation sites excluding steroid dienone is 1. The summed E-state index contributed by atoms with van der Waals surface area (Å²) >= 11 is 0. The highest BCUT2D eigenvalue weighted by molar-refractivity contribution is 6.08. The minimum atomic E-state index is -0.149. The van der Waals surface area contributed by atoms with Crippen LogP contribution >= 0.6 is 0 Å². The number of nitrogens with two attached hydrogens (primary N) is 1. The number of aromatic nitrogens is 3. The maximum Gasteiger partial charge on any atom is 0.236 e. The number of nitriles is 1. The molecular weight excluding hydrogens is 392 g/mol. The predicted octanol–water partition coefficient (Wildman–Crippen LogP) is 2.54. The number of nitrogens with one attached hydrogen (secondary N) is 1. The van der Waals surface area contributed by atoms with E-state index >= 15 is 0 Å². The molecule has 0 saturated carbocycles. The lowest BCUT2D eigenvalue weighted by atomic mass is 9.94. The molecule has 1 amide bonds. The third-order valence-corrected chi connectivity index (χ3v) is 5.05. The van der Waals surface area contributed by atoms with Crippen molar-refractivity contribution < 1.29 is 4.79 Å². The summed E-state index contributed by atoms with van der Waals surface area (Å²) in [6.45, 7) is 3.16. The zero-order valence-electron chi connectivity index (χ0n) is 17.7. The highest BCUT2D eigenvalue weighted by Crippen LogP contribution is 2.29. The average Bonchev–Trinajstić information content (AvgIpc) is 2.77. The van der Waals surface area contributed by atoms with Crippen LogP contribution in [-0.4, -0.2) is 52.1 Å². The van der Waals surface area contributed by atoms with Crippen molar-refractivity contribution in [2.75, 3.05) is 25.5 Å². The molecule has 0 aliphatic carbocycles. The second-order valence-electron chi connectivity index (χ2n) is 7.37. The molecule has 1 atom stereocenters. The quantitative estimate of drug-likeness (QED) is 0.689. The summed E-state index contributed by atoms with van der Waals surface area (Å²) in [5.41, 5.74) is 8.26. The molecule has 3 N–H and O–H groups in total. The zero-order chi connectivity index (χ0) is 22.2. The van der Waals surface area contributed by atoms with Crippen molar-refractivity contribution >= 4 is 29.3 Å². The maximum absolute atomic E-state index is 12.2. The van der Waals surface area contributed by atoms with E-state index in [4.69, 9.17) is 16.0 Å².